The van der Waals surface area contributed by atoms with E-state index in [9.17, 15) is 9.59 Å². The van der Waals surface area contributed by atoms with Gasteiger partial charge in [0.25, 0.3) is 0 Å². The zero-order chi connectivity index (χ0) is 12.1. The fourth-order valence-corrected chi connectivity index (χ4v) is 1.21. The molecule has 1 unspecified atom stereocenters. The molecule has 0 aliphatic carbocycles. The van der Waals surface area contributed by atoms with Crippen LogP contribution in [0.1, 0.15) is 20.3 Å². The standard InChI is InChI=1S/C10H21N3O2/c1-5-10(2,7-11)9(15)13(4)6-8(14)12-3/h5-7,11H2,1-4H3,(H,12,14). The van der Waals surface area contributed by atoms with Gasteiger partial charge in [0.05, 0.1) is 12.0 Å². The highest BCUT2D eigenvalue weighted by Crippen LogP contribution is 2.21. The van der Waals surface area contributed by atoms with Crippen molar-refractivity contribution in [1.29, 1.82) is 0 Å². The van der Waals surface area contributed by atoms with E-state index >= 15 is 0 Å². The van der Waals surface area contributed by atoms with Gasteiger partial charge in [-0.1, -0.05) is 6.92 Å². The van der Waals surface area contributed by atoms with Gasteiger partial charge >= 0.3 is 0 Å². The minimum absolute atomic E-state index is 0.0743. The molecule has 1 atom stereocenters. The molecule has 0 aromatic heterocycles. The first-order chi connectivity index (χ1) is 6.91. The maximum atomic E-state index is 11.9. The Hall–Kier alpha value is -1.10. The van der Waals surface area contributed by atoms with Crippen LogP contribution in [0.4, 0.5) is 0 Å². The van der Waals surface area contributed by atoms with Gasteiger partial charge in [-0.15, -0.1) is 0 Å². The molecule has 0 saturated heterocycles. The second kappa shape index (κ2) is 5.70. The summed E-state index contributed by atoms with van der Waals surface area (Å²) in [6.45, 7) is 4.10. The van der Waals surface area contributed by atoms with Crippen LogP contribution in [-0.4, -0.2) is 43.9 Å². The lowest BCUT2D eigenvalue weighted by Crippen LogP contribution is -2.47. The third kappa shape index (κ3) is 3.51. The quantitative estimate of drug-likeness (QED) is 0.653. The third-order valence-corrected chi connectivity index (χ3v) is 2.75. The molecule has 2 amide bonds. The molecule has 15 heavy (non-hydrogen) atoms. The topological polar surface area (TPSA) is 75.4 Å². The lowest BCUT2D eigenvalue weighted by Gasteiger charge is -2.30. The van der Waals surface area contributed by atoms with Gasteiger partial charge in [0, 0.05) is 20.6 Å². The highest BCUT2D eigenvalue weighted by molar-refractivity contribution is 5.87. The predicted octanol–water partition coefficient (Wildman–Crippen LogP) is -0.434. The molecule has 0 rings (SSSR count). The average molecular weight is 215 g/mol. The van der Waals surface area contributed by atoms with E-state index in [-0.39, 0.29) is 18.4 Å². The number of carbonyl (C=O) groups excluding carboxylic acids is 2. The summed E-state index contributed by atoms with van der Waals surface area (Å²) in [6.07, 6.45) is 0.667. The first kappa shape index (κ1) is 13.9. The zero-order valence-electron chi connectivity index (χ0n) is 9.96. The van der Waals surface area contributed by atoms with Crippen LogP contribution in [0, 0.1) is 5.41 Å². The first-order valence-electron chi connectivity index (χ1n) is 5.07. The second-order valence-electron chi connectivity index (χ2n) is 3.95. The number of amides is 2. The highest BCUT2D eigenvalue weighted by atomic mass is 16.2. The SMILES string of the molecule is CCC(C)(CN)C(=O)N(C)CC(=O)NC. The van der Waals surface area contributed by atoms with Crippen LogP contribution in [0.15, 0.2) is 0 Å². The molecule has 5 nitrogen and oxygen atoms in total. The van der Waals surface area contributed by atoms with Gasteiger partial charge in [-0.05, 0) is 13.3 Å². The van der Waals surface area contributed by atoms with Crippen molar-refractivity contribution in [1.82, 2.24) is 10.2 Å². The monoisotopic (exact) mass is 215 g/mol. The Labute approximate surface area is 91.0 Å². The number of likely N-dealkylation sites (N-methyl/N-ethyl adjacent to an activating group) is 2. The van der Waals surface area contributed by atoms with Crippen LogP contribution in [0.5, 0.6) is 0 Å². The van der Waals surface area contributed by atoms with E-state index in [1.807, 2.05) is 13.8 Å². The highest BCUT2D eigenvalue weighted by Gasteiger charge is 2.32. The summed E-state index contributed by atoms with van der Waals surface area (Å²) in [7, 11) is 3.16. The van der Waals surface area contributed by atoms with Gasteiger partial charge in [-0.2, -0.15) is 0 Å². The Bertz CT molecular complexity index is 237. The molecule has 0 aliphatic rings. The van der Waals surface area contributed by atoms with Gasteiger partial charge in [-0.3, -0.25) is 9.59 Å². The van der Waals surface area contributed by atoms with E-state index < -0.39 is 5.41 Å². The summed E-state index contributed by atoms with van der Waals surface area (Å²) in [6, 6.07) is 0. The Morgan fingerprint density at radius 2 is 2.00 bits per heavy atom. The number of hydrogen-bond acceptors (Lipinski definition) is 3. The molecule has 0 fully saturated rings. The molecule has 3 N–H and O–H groups in total. The van der Waals surface area contributed by atoms with E-state index in [0.717, 1.165) is 0 Å². The molecular formula is C10H21N3O2. The number of hydrogen-bond donors (Lipinski definition) is 2. The lowest BCUT2D eigenvalue weighted by atomic mass is 9.86. The van der Waals surface area contributed by atoms with Crippen LogP contribution in [-0.2, 0) is 9.59 Å². The minimum atomic E-state index is -0.567. The van der Waals surface area contributed by atoms with E-state index in [0.29, 0.717) is 13.0 Å². The van der Waals surface area contributed by atoms with Crippen molar-refractivity contribution >= 4 is 11.8 Å². The molecule has 0 aromatic carbocycles. The predicted molar refractivity (Wildman–Crippen MR) is 59.2 cm³/mol. The summed E-state index contributed by atoms with van der Waals surface area (Å²) >= 11 is 0. The van der Waals surface area contributed by atoms with Crippen molar-refractivity contribution < 1.29 is 9.59 Å². The maximum Gasteiger partial charge on any atom is 0.239 e. The summed E-state index contributed by atoms with van der Waals surface area (Å²) in [5.41, 5.74) is 5.00. The molecule has 5 heteroatoms. The minimum Gasteiger partial charge on any atom is -0.358 e. The maximum absolute atomic E-state index is 11.9. The van der Waals surface area contributed by atoms with Gasteiger partial charge in [0.15, 0.2) is 0 Å². The molecule has 0 bridgehead atoms. The molecule has 0 heterocycles. The summed E-state index contributed by atoms with van der Waals surface area (Å²) < 4.78 is 0. The smallest absolute Gasteiger partial charge is 0.239 e. The van der Waals surface area contributed by atoms with Crippen molar-refractivity contribution in [2.75, 3.05) is 27.2 Å². The van der Waals surface area contributed by atoms with Gasteiger partial charge in [0.2, 0.25) is 11.8 Å². The Morgan fingerprint density at radius 3 is 2.33 bits per heavy atom. The third-order valence-electron chi connectivity index (χ3n) is 2.75. The molecular weight excluding hydrogens is 194 g/mol. The van der Waals surface area contributed by atoms with Crippen LogP contribution >= 0.6 is 0 Å². The normalized spacial score (nSPS) is 14.2. The van der Waals surface area contributed by atoms with Crippen molar-refractivity contribution in [3.05, 3.63) is 0 Å². The Kier molecular flexibility index (Phi) is 5.28. The number of nitrogens with zero attached hydrogens (tertiary/aromatic N) is 1. The Morgan fingerprint density at radius 1 is 1.47 bits per heavy atom. The van der Waals surface area contributed by atoms with E-state index in [2.05, 4.69) is 5.32 Å². The van der Waals surface area contributed by atoms with Crippen molar-refractivity contribution in [2.45, 2.75) is 20.3 Å². The van der Waals surface area contributed by atoms with Crippen LogP contribution in [0.25, 0.3) is 0 Å². The fourth-order valence-electron chi connectivity index (χ4n) is 1.21. The average Bonchev–Trinajstić information content (AvgIpc) is 2.26. The van der Waals surface area contributed by atoms with Crippen LogP contribution in [0.2, 0.25) is 0 Å². The first-order valence-corrected chi connectivity index (χ1v) is 5.07. The Balaban J connectivity index is 4.49. The molecule has 0 aromatic rings. The number of carbonyl (C=O) groups is 2. The van der Waals surface area contributed by atoms with Gasteiger partial charge in [-0.25, -0.2) is 0 Å². The lowest BCUT2D eigenvalue weighted by molar-refractivity contribution is -0.142. The molecule has 0 spiro atoms. The van der Waals surface area contributed by atoms with Crippen LogP contribution in [0.3, 0.4) is 0 Å². The van der Waals surface area contributed by atoms with E-state index in [4.69, 9.17) is 5.73 Å². The van der Waals surface area contributed by atoms with Crippen molar-refractivity contribution in [3.8, 4) is 0 Å². The summed E-state index contributed by atoms with van der Waals surface area (Å²) in [5.74, 6) is -0.266. The van der Waals surface area contributed by atoms with Crippen molar-refractivity contribution in [3.63, 3.8) is 0 Å². The van der Waals surface area contributed by atoms with Gasteiger partial charge in [0.1, 0.15) is 0 Å². The second-order valence-corrected chi connectivity index (χ2v) is 3.95. The molecule has 88 valence electrons. The summed E-state index contributed by atoms with van der Waals surface area (Å²) in [5, 5.41) is 2.47. The fraction of sp³-hybridized carbons (Fsp3) is 0.800. The number of nitrogens with one attached hydrogen (secondary N) is 1. The van der Waals surface area contributed by atoms with E-state index in [1.165, 1.54) is 4.90 Å². The van der Waals surface area contributed by atoms with Crippen molar-refractivity contribution in [2.24, 2.45) is 11.1 Å². The number of nitrogens with two attached hydrogens (primary N) is 1. The molecule has 0 aliphatic heterocycles. The number of rotatable bonds is 5. The molecule has 0 saturated carbocycles. The summed E-state index contributed by atoms with van der Waals surface area (Å²) in [4.78, 5) is 24.5. The molecule has 0 radical (unpaired) electrons. The van der Waals surface area contributed by atoms with Crippen LogP contribution < -0.4 is 11.1 Å². The van der Waals surface area contributed by atoms with E-state index in [1.54, 1.807) is 14.1 Å². The largest absolute Gasteiger partial charge is 0.358 e. The van der Waals surface area contributed by atoms with Gasteiger partial charge < -0.3 is 16.0 Å². The zero-order valence-corrected chi connectivity index (χ0v) is 9.96.